The number of amides is 1. The Labute approximate surface area is 152 Å². The number of anilines is 1. The van der Waals surface area contributed by atoms with Gasteiger partial charge in [-0.1, -0.05) is 18.2 Å². The summed E-state index contributed by atoms with van der Waals surface area (Å²) in [6, 6.07) is 9.41. The Balaban J connectivity index is 1.68. The number of nitrogens with one attached hydrogen (secondary N) is 1. The van der Waals surface area contributed by atoms with E-state index in [1.807, 2.05) is 52.9 Å². The van der Waals surface area contributed by atoms with Gasteiger partial charge in [-0.3, -0.25) is 9.48 Å². The normalized spacial score (nSPS) is 10.8. The number of furan rings is 1. The quantitative estimate of drug-likeness (QED) is 0.750. The van der Waals surface area contributed by atoms with Crippen LogP contribution in [-0.4, -0.2) is 15.7 Å². The summed E-state index contributed by atoms with van der Waals surface area (Å²) in [4.78, 5) is 12.4. The Morgan fingerprint density at radius 3 is 2.46 bits per heavy atom. The Morgan fingerprint density at radius 2 is 1.85 bits per heavy atom. The van der Waals surface area contributed by atoms with Gasteiger partial charge in [0.25, 0.3) is 5.91 Å². The number of aromatic nitrogens is 2. The maximum atomic E-state index is 12.4. The molecule has 6 nitrogen and oxygen atoms in total. The van der Waals surface area contributed by atoms with E-state index in [0.717, 1.165) is 28.3 Å². The van der Waals surface area contributed by atoms with Gasteiger partial charge in [0.05, 0.1) is 17.1 Å². The number of para-hydroxylation sites is 1. The fourth-order valence-electron chi connectivity index (χ4n) is 2.88. The first-order chi connectivity index (χ1) is 12.4. The monoisotopic (exact) mass is 353 g/mol. The molecule has 0 saturated heterocycles. The van der Waals surface area contributed by atoms with Crippen LogP contribution >= 0.6 is 0 Å². The summed E-state index contributed by atoms with van der Waals surface area (Å²) >= 11 is 0. The van der Waals surface area contributed by atoms with Crippen molar-refractivity contribution < 1.29 is 13.9 Å². The molecule has 0 atom stereocenters. The fraction of sp³-hybridized carbons (Fsp3) is 0.300. The molecule has 3 aromatic rings. The second-order valence-corrected chi connectivity index (χ2v) is 6.40. The van der Waals surface area contributed by atoms with Gasteiger partial charge in [-0.2, -0.15) is 5.10 Å². The number of hydrogen-bond donors (Lipinski definition) is 1. The Bertz CT molecular complexity index is 933. The number of ether oxygens (including phenoxy) is 1. The smallest absolute Gasteiger partial charge is 0.291 e. The first kappa shape index (κ1) is 17.8. The van der Waals surface area contributed by atoms with Crippen molar-refractivity contribution in [1.82, 2.24) is 9.78 Å². The third-order valence-electron chi connectivity index (χ3n) is 4.40. The number of carbonyl (C=O) groups is 1. The SMILES string of the molecule is Cc1cccc(C)c1OCc1ccc(C(=O)Nc2c(C)nn(C)c2C)o1. The fourth-order valence-corrected chi connectivity index (χ4v) is 2.88. The molecule has 0 spiro atoms. The van der Waals surface area contributed by atoms with Crippen LogP contribution in [0.2, 0.25) is 0 Å². The predicted octanol–water partition coefficient (Wildman–Crippen LogP) is 4.08. The van der Waals surface area contributed by atoms with Gasteiger partial charge in [0.15, 0.2) is 5.76 Å². The molecule has 0 bridgehead atoms. The zero-order chi connectivity index (χ0) is 18.8. The Kier molecular flexibility index (Phi) is 4.84. The van der Waals surface area contributed by atoms with Crippen molar-refractivity contribution in [2.75, 3.05) is 5.32 Å². The molecule has 136 valence electrons. The number of nitrogens with zero attached hydrogens (tertiary/aromatic N) is 2. The average molecular weight is 353 g/mol. The maximum Gasteiger partial charge on any atom is 0.291 e. The van der Waals surface area contributed by atoms with Crippen molar-refractivity contribution in [2.45, 2.75) is 34.3 Å². The van der Waals surface area contributed by atoms with Crippen molar-refractivity contribution in [3.05, 3.63) is 64.4 Å². The third kappa shape index (κ3) is 3.49. The van der Waals surface area contributed by atoms with Gasteiger partial charge in [-0.05, 0) is 51.0 Å². The van der Waals surface area contributed by atoms with Crippen molar-refractivity contribution >= 4 is 11.6 Å². The highest BCUT2D eigenvalue weighted by molar-refractivity contribution is 6.02. The highest BCUT2D eigenvalue weighted by atomic mass is 16.5. The van der Waals surface area contributed by atoms with Crippen molar-refractivity contribution in [1.29, 1.82) is 0 Å². The van der Waals surface area contributed by atoms with Crippen molar-refractivity contribution in [2.24, 2.45) is 7.05 Å². The zero-order valence-electron chi connectivity index (χ0n) is 15.7. The number of hydrogen-bond acceptors (Lipinski definition) is 4. The van der Waals surface area contributed by atoms with Gasteiger partial charge < -0.3 is 14.5 Å². The van der Waals surface area contributed by atoms with E-state index in [4.69, 9.17) is 9.15 Å². The van der Waals surface area contributed by atoms with Gasteiger partial charge in [-0.25, -0.2) is 0 Å². The lowest BCUT2D eigenvalue weighted by molar-refractivity contribution is 0.0992. The van der Waals surface area contributed by atoms with E-state index >= 15 is 0 Å². The second-order valence-electron chi connectivity index (χ2n) is 6.40. The lowest BCUT2D eigenvalue weighted by Gasteiger charge is -2.10. The van der Waals surface area contributed by atoms with Crippen LogP contribution in [-0.2, 0) is 13.7 Å². The first-order valence-electron chi connectivity index (χ1n) is 8.46. The van der Waals surface area contributed by atoms with Crippen LogP contribution in [0.4, 0.5) is 5.69 Å². The van der Waals surface area contributed by atoms with Crippen LogP contribution < -0.4 is 10.1 Å². The topological polar surface area (TPSA) is 69.3 Å². The van der Waals surface area contributed by atoms with E-state index in [0.29, 0.717) is 11.4 Å². The standard InChI is InChI=1S/C20H23N3O3/c1-12-7-6-8-13(2)19(12)25-11-16-9-10-17(26-16)20(24)21-18-14(3)22-23(5)15(18)4/h6-10H,11H2,1-5H3,(H,21,24). The Morgan fingerprint density at radius 1 is 1.15 bits per heavy atom. The van der Waals surface area contributed by atoms with Crippen LogP contribution in [0.25, 0.3) is 0 Å². The minimum Gasteiger partial charge on any atom is -0.485 e. The van der Waals surface area contributed by atoms with E-state index in [2.05, 4.69) is 10.4 Å². The van der Waals surface area contributed by atoms with Crippen LogP contribution in [0.1, 0.15) is 38.8 Å². The molecule has 0 aliphatic heterocycles. The highest BCUT2D eigenvalue weighted by Crippen LogP contribution is 2.24. The summed E-state index contributed by atoms with van der Waals surface area (Å²) in [6.07, 6.45) is 0. The molecule has 2 aromatic heterocycles. The number of carbonyl (C=O) groups excluding carboxylic acids is 1. The number of rotatable bonds is 5. The van der Waals surface area contributed by atoms with E-state index in [-0.39, 0.29) is 18.3 Å². The maximum absolute atomic E-state index is 12.4. The summed E-state index contributed by atoms with van der Waals surface area (Å²) in [7, 11) is 1.84. The van der Waals surface area contributed by atoms with E-state index in [9.17, 15) is 4.79 Å². The molecule has 2 heterocycles. The molecule has 0 aliphatic carbocycles. The van der Waals surface area contributed by atoms with Gasteiger partial charge in [0, 0.05) is 7.05 Å². The van der Waals surface area contributed by atoms with Crippen LogP contribution in [0.15, 0.2) is 34.7 Å². The zero-order valence-corrected chi connectivity index (χ0v) is 15.7. The minimum atomic E-state index is -0.303. The first-order valence-corrected chi connectivity index (χ1v) is 8.46. The van der Waals surface area contributed by atoms with Gasteiger partial charge in [0.2, 0.25) is 0 Å². The molecule has 1 amide bonds. The summed E-state index contributed by atoms with van der Waals surface area (Å²) < 4.78 is 13.2. The van der Waals surface area contributed by atoms with Gasteiger partial charge in [-0.15, -0.1) is 0 Å². The van der Waals surface area contributed by atoms with E-state index < -0.39 is 0 Å². The van der Waals surface area contributed by atoms with Gasteiger partial charge in [0.1, 0.15) is 18.1 Å². The molecular weight excluding hydrogens is 330 g/mol. The molecule has 0 unspecified atom stereocenters. The minimum absolute atomic E-state index is 0.243. The molecule has 1 aromatic carbocycles. The third-order valence-corrected chi connectivity index (χ3v) is 4.40. The van der Waals surface area contributed by atoms with E-state index in [1.54, 1.807) is 16.8 Å². The summed E-state index contributed by atoms with van der Waals surface area (Å²) in [5.41, 5.74) is 4.50. The molecule has 6 heteroatoms. The van der Waals surface area contributed by atoms with Gasteiger partial charge >= 0.3 is 0 Å². The summed E-state index contributed by atoms with van der Waals surface area (Å²) in [5, 5.41) is 7.16. The molecule has 1 N–H and O–H groups in total. The predicted molar refractivity (Wildman–Crippen MR) is 99.6 cm³/mol. The molecule has 0 fully saturated rings. The molecule has 0 saturated carbocycles. The number of aryl methyl sites for hydroxylation is 4. The lowest BCUT2D eigenvalue weighted by atomic mass is 10.1. The summed E-state index contributed by atoms with van der Waals surface area (Å²) in [6.45, 7) is 8.03. The molecule has 0 aliphatic rings. The van der Waals surface area contributed by atoms with Crippen LogP contribution in [0, 0.1) is 27.7 Å². The molecular formula is C20H23N3O3. The summed E-state index contributed by atoms with van der Waals surface area (Å²) in [5.74, 6) is 1.38. The average Bonchev–Trinajstić information content (AvgIpc) is 3.15. The van der Waals surface area contributed by atoms with Crippen molar-refractivity contribution in [3.8, 4) is 5.75 Å². The number of benzene rings is 1. The highest BCUT2D eigenvalue weighted by Gasteiger charge is 2.17. The van der Waals surface area contributed by atoms with Crippen LogP contribution in [0.5, 0.6) is 5.75 Å². The second kappa shape index (κ2) is 7.07. The molecule has 0 radical (unpaired) electrons. The molecule has 3 rings (SSSR count). The molecule has 26 heavy (non-hydrogen) atoms. The lowest BCUT2D eigenvalue weighted by Crippen LogP contribution is -2.12. The van der Waals surface area contributed by atoms with Crippen LogP contribution in [0.3, 0.4) is 0 Å². The van der Waals surface area contributed by atoms with E-state index in [1.165, 1.54) is 0 Å². The Hall–Kier alpha value is -3.02. The largest absolute Gasteiger partial charge is 0.485 e. The van der Waals surface area contributed by atoms with Crippen molar-refractivity contribution in [3.63, 3.8) is 0 Å².